The molecule has 0 fully saturated rings. The van der Waals surface area contributed by atoms with Gasteiger partial charge in [0.15, 0.2) is 0 Å². The Labute approximate surface area is 278 Å². The molecule has 44 heavy (non-hydrogen) atoms. The number of halogens is 3. The summed E-state index contributed by atoms with van der Waals surface area (Å²) in [6, 6.07) is 63.2. The molecule has 7 heteroatoms. The summed E-state index contributed by atoms with van der Waals surface area (Å²) >= 11 is -1.92. The zero-order chi connectivity index (χ0) is 30.8. The molecular weight excluding hydrogens is 821 g/mol. The molecule has 0 amide bonds. The van der Waals surface area contributed by atoms with Crippen LogP contribution in [-0.2, 0) is 13.5 Å². The molecule has 0 atom stereocenters. The second-order valence-corrected chi connectivity index (χ2v) is 28.4. The molecule has 0 saturated carbocycles. The van der Waals surface area contributed by atoms with Gasteiger partial charge in [0.25, 0.3) is 0 Å². The van der Waals surface area contributed by atoms with E-state index in [1.807, 2.05) is 36.4 Å². The van der Waals surface area contributed by atoms with Crippen molar-refractivity contribution in [2.75, 3.05) is 0 Å². The van der Waals surface area contributed by atoms with Gasteiger partial charge in [-0.25, -0.2) is 0 Å². The number of hydrogen-bond acceptors (Lipinski definition) is 1. The van der Waals surface area contributed by atoms with Gasteiger partial charge in [0.1, 0.15) is 0 Å². The van der Waals surface area contributed by atoms with Gasteiger partial charge in [-0.1, -0.05) is 0 Å². The van der Waals surface area contributed by atoms with Crippen LogP contribution in [0.25, 0.3) is 0 Å². The van der Waals surface area contributed by atoms with E-state index >= 15 is 4.79 Å². The Morgan fingerprint density at radius 3 is 0.614 bits per heavy atom. The summed E-state index contributed by atoms with van der Waals surface area (Å²) in [4.78, 5) is 16.4. The predicted octanol–water partition coefficient (Wildman–Crippen LogP) is 8.63. The first-order valence-electron chi connectivity index (χ1n) is 14.0. The summed E-state index contributed by atoms with van der Waals surface area (Å²) in [6.45, 7) is 0. The van der Waals surface area contributed by atoms with Gasteiger partial charge in [-0.2, -0.15) is 0 Å². The molecule has 0 N–H and O–H groups in total. The summed E-state index contributed by atoms with van der Waals surface area (Å²) in [7, 11) is 8.34. The fourth-order valence-electron chi connectivity index (χ4n) is 6.20. The van der Waals surface area contributed by atoms with E-state index in [9.17, 15) is 0 Å². The van der Waals surface area contributed by atoms with E-state index in [1.165, 1.54) is 0 Å². The molecule has 0 aliphatic rings. The predicted molar refractivity (Wildman–Crippen MR) is 196 cm³/mol. The summed E-state index contributed by atoms with van der Waals surface area (Å²) < 4.78 is 0. The van der Waals surface area contributed by atoms with Crippen molar-refractivity contribution in [1.29, 1.82) is 0 Å². The second-order valence-electron chi connectivity index (χ2n) is 10.2. The molecule has 6 aromatic rings. The molecule has 0 aliphatic carbocycles. The zero-order valence-electron chi connectivity index (χ0n) is 23.7. The van der Waals surface area contributed by atoms with E-state index in [-0.39, 0.29) is 0 Å². The second kappa shape index (κ2) is 15.6. The Balaban J connectivity index is 0.000000906. The standard InChI is InChI=1S/C37H32OP2.3ClH.Ir/c38-37(39(31-19-7-1-8-20-31,32-21-9-2-10-22-32)33-23-11-3-12-24-33)40(34-25-13-4-14-26-34,35-27-15-5-16-28-35)36-29-17-6-18-30-36;;;;/h1-30,39-40H;3*1H;/q;;;;+3/p-3. The Morgan fingerprint density at radius 2 is 0.477 bits per heavy atom. The molecule has 0 aromatic heterocycles. The molecule has 226 valence electrons. The summed E-state index contributed by atoms with van der Waals surface area (Å²) in [5.74, 6) is 0. The molecule has 1 nitrogen and oxygen atoms in total. The van der Waals surface area contributed by atoms with Crippen LogP contribution < -0.4 is 31.8 Å². The number of benzene rings is 6. The molecule has 0 saturated heterocycles. The van der Waals surface area contributed by atoms with E-state index in [0.29, 0.717) is 5.27 Å². The molecule has 0 unspecified atom stereocenters. The molecule has 0 radical (unpaired) electrons. The summed E-state index contributed by atoms with van der Waals surface area (Å²) in [6.07, 6.45) is 0. The number of hydrogen-bond donors (Lipinski definition) is 0. The van der Waals surface area contributed by atoms with Crippen LogP contribution in [0.3, 0.4) is 0 Å². The van der Waals surface area contributed by atoms with Crippen LogP contribution in [0.15, 0.2) is 182 Å². The van der Waals surface area contributed by atoms with Crippen molar-refractivity contribution in [2.24, 2.45) is 0 Å². The number of carbonyl (C=O) groups is 1. The molecule has 6 aromatic carbocycles. The maximum absolute atomic E-state index is 16.4. The summed E-state index contributed by atoms with van der Waals surface area (Å²) in [5, 5.41) is 7.00. The third-order valence-electron chi connectivity index (χ3n) is 7.92. The van der Waals surface area contributed by atoms with Gasteiger partial charge in [-0.3, -0.25) is 0 Å². The fourth-order valence-corrected chi connectivity index (χ4v) is 18.8. The van der Waals surface area contributed by atoms with Crippen LogP contribution in [0, 0.1) is 0 Å². The van der Waals surface area contributed by atoms with Gasteiger partial charge in [-0.05, 0) is 0 Å². The quantitative estimate of drug-likeness (QED) is 0.140. The van der Waals surface area contributed by atoms with Crippen LogP contribution in [0.4, 0.5) is 4.79 Å². The van der Waals surface area contributed by atoms with Crippen molar-refractivity contribution in [1.82, 2.24) is 0 Å². The average molecular weight is 853 g/mol. The number of rotatable bonds is 8. The van der Waals surface area contributed by atoms with Gasteiger partial charge >= 0.3 is 281 Å². The fraction of sp³-hybridized carbons (Fsp3) is 0. The Kier molecular flexibility index (Phi) is 11.6. The van der Waals surface area contributed by atoms with Crippen LogP contribution >= 0.6 is 43.3 Å². The maximum atomic E-state index is 16.4. The molecule has 0 bridgehead atoms. The van der Waals surface area contributed by atoms with E-state index in [2.05, 4.69) is 146 Å². The first kappa shape index (κ1) is 32.8. The van der Waals surface area contributed by atoms with Crippen LogP contribution in [0.2, 0.25) is 0 Å². The van der Waals surface area contributed by atoms with Crippen LogP contribution in [0.5, 0.6) is 0 Å². The van der Waals surface area contributed by atoms with Gasteiger partial charge in [0.2, 0.25) is 0 Å². The van der Waals surface area contributed by atoms with Crippen molar-refractivity contribution < 1.29 is 18.3 Å². The van der Waals surface area contributed by atoms with E-state index in [0.717, 1.165) is 31.8 Å². The third-order valence-corrected chi connectivity index (χ3v) is 18.7. The normalized spacial score (nSPS) is 12.3. The molecule has 0 aliphatic heterocycles. The van der Waals surface area contributed by atoms with Crippen molar-refractivity contribution in [3.63, 3.8) is 0 Å². The topological polar surface area (TPSA) is 17.1 Å². The molecule has 6 rings (SSSR count). The monoisotopic (exact) mass is 852 g/mol. The Hall–Kier alpha value is -2.63. The van der Waals surface area contributed by atoms with Gasteiger partial charge in [0, 0.05) is 0 Å². The Morgan fingerprint density at radius 1 is 0.341 bits per heavy atom. The first-order chi connectivity index (χ1) is 21.5. The average Bonchev–Trinajstić information content (AvgIpc) is 3.08. The third kappa shape index (κ3) is 6.65. The van der Waals surface area contributed by atoms with Gasteiger partial charge in [0.05, 0.1) is 0 Å². The number of carbonyl (C=O) groups excluding carboxylic acids is 1. The molecule has 0 spiro atoms. The van der Waals surface area contributed by atoms with E-state index in [4.69, 9.17) is 28.8 Å². The molecular formula is C37H32Cl3IrOP2. The van der Waals surface area contributed by atoms with Crippen molar-refractivity contribution >= 4 is 80.4 Å². The van der Waals surface area contributed by atoms with E-state index in [1.54, 1.807) is 0 Å². The van der Waals surface area contributed by atoms with Gasteiger partial charge in [-0.15, -0.1) is 0 Å². The van der Waals surface area contributed by atoms with Crippen LogP contribution in [0.1, 0.15) is 0 Å². The van der Waals surface area contributed by atoms with Crippen molar-refractivity contribution in [3.05, 3.63) is 182 Å². The minimum atomic E-state index is -3.29. The van der Waals surface area contributed by atoms with Gasteiger partial charge < -0.3 is 0 Å². The Bertz CT molecular complexity index is 1420. The van der Waals surface area contributed by atoms with Crippen LogP contribution in [-0.4, -0.2) is 5.27 Å². The zero-order valence-corrected chi connectivity index (χ0v) is 30.4. The summed E-state index contributed by atoms with van der Waals surface area (Å²) in [5.41, 5.74) is 0. The van der Waals surface area contributed by atoms with Crippen molar-refractivity contribution in [3.8, 4) is 0 Å². The first-order valence-corrected chi connectivity index (χ1v) is 26.9. The molecule has 0 heterocycles. The van der Waals surface area contributed by atoms with E-state index < -0.39 is 28.0 Å². The minimum absolute atomic E-state index is 0.354. The van der Waals surface area contributed by atoms with Crippen molar-refractivity contribution in [2.45, 2.75) is 0 Å². The SMILES string of the molecule is O=C([PH](c1ccccc1)(c1ccccc1)c1ccccc1)[PH](c1ccccc1)(c1ccccc1)c1ccccc1.[Cl][Ir]([Cl])[Cl].